The lowest BCUT2D eigenvalue weighted by Gasteiger charge is -2.62. The lowest BCUT2D eigenvalue weighted by Crippen LogP contribution is -2.56. The third-order valence-electron chi connectivity index (χ3n) is 11.1. The molecule has 4 fully saturated rings. The molecule has 0 radical (unpaired) electrons. The van der Waals surface area contributed by atoms with Gasteiger partial charge in [0, 0.05) is 6.61 Å². The molecule has 162 valence electrons. The van der Waals surface area contributed by atoms with Gasteiger partial charge in [-0.3, -0.25) is 0 Å². The highest BCUT2D eigenvalue weighted by atomic mass is 16.3. The monoisotopic (exact) mass is 390 g/mol. The molecule has 0 unspecified atom stereocenters. The quantitative estimate of drug-likeness (QED) is 0.587. The molecule has 2 heteroatoms. The minimum atomic E-state index is -0.374. The number of hydrogen-bond acceptors (Lipinski definition) is 2. The lowest BCUT2D eigenvalue weighted by atomic mass is 9.43. The number of hydrogen-bond donors (Lipinski definition) is 2. The van der Waals surface area contributed by atoms with Crippen LogP contribution in [0.5, 0.6) is 0 Å². The molecular formula is C26H46O2. The van der Waals surface area contributed by atoms with E-state index in [-0.39, 0.29) is 5.60 Å². The van der Waals surface area contributed by atoms with E-state index in [2.05, 4.69) is 27.7 Å². The van der Waals surface area contributed by atoms with E-state index in [1.807, 2.05) is 0 Å². The summed E-state index contributed by atoms with van der Waals surface area (Å²) in [6.07, 6.45) is 15.0. The lowest BCUT2D eigenvalue weighted by molar-refractivity contribution is -0.152. The Kier molecular flexibility index (Phi) is 5.71. The summed E-state index contributed by atoms with van der Waals surface area (Å²) < 4.78 is 0. The molecule has 0 aromatic heterocycles. The van der Waals surface area contributed by atoms with Crippen molar-refractivity contribution in [2.45, 2.75) is 110 Å². The maximum atomic E-state index is 11.0. The molecule has 0 aliphatic heterocycles. The summed E-state index contributed by atoms with van der Waals surface area (Å²) in [5.41, 5.74) is 0.644. The fourth-order valence-corrected chi connectivity index (χ4v) is 9.23. The van der Waals surface area contributed by atoms with Crippen LogP contribution in [0, 0.1) is 46.3 Å². The van der Waals surface area contributed by atoms with Crippen LogP contribution in [-0.4, -0.2) is 22.4 Å². The number of rotatable bonds is 5. The van der Waals surface area contributed by atoms with E-state index in [0.29, 0.717) is 17.4 Å². The second kappa shape index (κ2) is 7.56. The highest BCUT2D eigenvalue weighted by Gasteiger charge is 2.61. The zero-order valence-electron chi connectivity index (χ0n) is 19.1. The first-order valence-electron chi connectivity index (χ1n) is 12.6. The van der Waals surface area contributed by atoms with Crippen molar-refractivity contribution in [3.05, 3.63) is 0 Å². The topological polar surface area (TPSA) is 40.5 Å². The number of aliphatic hydroxyl groups is 2. The van der Waals surface area contributed by atoms with Gasteiger partial charge in [0.25, 0.3) is 0 Å². The first-order chi connectivity index (χ1) is 13.3. The molecule has 0 amide bonds. The van der Waals surface area contributed by atoms with Crippen molar-refractivity contribution < 1.29 is 10.2 Å². The Morgan fingerprint density at radius 3 is 2.39 bits per heavy atom. The smallest absolute Gasteiger partial charge is 0.0648 e. The van der Waals surface area contributed by atoms with Gasteiger partial charge in [-0.15, -0.1) is 0 Å². The van der Waals surface area contributed by atoms with Crippen LogP contribution in [0.4, 0.5) is 0 Å². The maximum absolute atomic E-state index is 11.0. The van der Waals surface area contributed by atoms with Crippen molar-refractivity contribution in [2.75, 3.05) is 6.61 Å². The fourth-order valence-electron chi connectivity index (χ4n) is 9.23. The van der Waals surface area contributed by atoms with E-state index in [1.165, 1.54) is 51.4 Å². The van der Waals surface area contributed by atoms with Gasteiger partial charge in [-0.25, -0.2) is 0 Å². The van der Waals surface area contributed by atoms with Gasteiger partial charge in [0.05, 0.1) is 5.60 Å². The van der Waals surface area contributed by atoms with Crippen molar-refractivity contribution in [3.63, 3.8) is 0 Å². The van der Waals surface area contributed by atoms with E-state index in [4.69, 9.17) is 0 Å². The van der Waals surface area contributed by atoms with Crippen molar-refractivity contribution in [1.82, 2.24) is 0 Å². The van der Waals surface area contributed by atoms with Crippen molar-refractivity contribution in [3.8, 4) is 0 Å². The Labute approximate surface area is 173 Å². The van der Waals surface area contributed by atoms with Gasteiger partial charge in [-0.1, -0.05) is 27.7 Å². The van der Waals surface area contributed by atoms with Crippen LogP contribution in [0.15, 0.2) is 0 Å². The normalized spacial score (nSPS) is 51.9. The van der Waals surface area contributed by atoms with Gasteiger partial charge in [0.2, 0.25) is 0 Å². The van der Waals surface area contributed by atoms with Crippen LogP contribution in [-0.2, 0) is 0 Å². The summed E-state index contributed by atoms with van der Waals surface area (Å²) in [6, 6.07) is 0. The summed E-state index contributed by atoms with van der Waals surface area (Å²) >= 11 is 0. The Morgan fingerprint density at radius 1 is 0.929 bits per heavy atom. The molecule has 2 N–H and O–H groups in total. The molecule has 0 spiro atoms. The van der Waals surface area contributed by atoms with E-state index < -0.39 is 0 Å². The molecule has 4 rings (SSSR count). The van der Waals surface area contributed by atoms with E-state index in [1.54, 1.807) is 0 Å². The predicted octanol–water partition coefficient (Wildman–Crippen LogP) is 6.20. The van der Waals surface area contributed by atoms with Gasteiger partial charge in [0.15, 0.2) is 0 Å². The molecule has 4 aliphatic rings. The van der Waals surface area contributed by atoms with Crippen LogP contribution >= 0.6 is 0 Å². The predicted molar refractivity (Wildman–Crippen MR) is 116 cm³/mol. The molecule has 9 atom stereocenters. The minimum absolute atomic E-state index is 0.353. The highest BCUT2D eigenvalue weighted by molar-refractivity contribution is 5.10. The van der Waals surface area contributed by atoms with Gasteiger partial charge >= 0.3 is 0 Å². The molecule has 0 saturated heterocycles. The first kappa shape index (κ1) is 21.2. The van der Waals surface area contributed by atoms with Crippen molar-refractivity contribution in [1.29, 1.82) is 0 Å². The average Bonchev–Trinajstić information content (AvgIpc) is 3.04. The molecule has 4 aliphatic carbocycles. The van der Waals surface area contributed by atoms with Gasteiger partial charge in [-0.2, -0.15) is 0 Å². The summed E-state index contributed by atoms with van der Waals surface area (Å²) in [7, 11) is 0. The van der Waals surface area contributed by atoms with Gasteiger partial charge in [-0.05, 0) is 123 Å². The highest BCUT2D eigenvalue weighted by Crippen LogP contribution is 2.69. The second-order valence-corrected chi connectivity index (χ2v) is 12.0. The Bertz CT molecular complexity index is 561. The third kappa shape index (κ3) is 3.20. The number of aliphatic hydroxyl groups excluding tert-OH is 1. The zero-order chi connectivity index (χ0) is 20.2. The molecule has 0 heterocycles. The van der Waals surface area contributed by atoms with Crippen molar-refractivity contribution >= 4 is 0 Å². The summed E-state index contributed by atoms with van der Waals surface area (Å²) in [4.78, 5) is 0. The second-order valence-electron chi connectivity index (χ2n) is 12.0. The average molecular weight is 391 g/mol. The summed E-state index contributed by atoms with van der Waals surface area (Å²) in [5.74, 6) is 5.14. The number of fused-ring (bicyclic) bond motifs is 5. The van der Waals surface area contributed by atoms with Crippen LogP contribution in [0.2, 0.25) is 0 Å². The van der Waals surface area contributed by atoms with E-state index in [0.717, 1.165) is 61.2 Å². The fraction of sp³-hybridized carbons (Fsp3) is 1.00. The Hall–Kier alpha value is -0.0800. The molecular weight excluding hydrogens is 344 g/mol. The largest absolute Gasteiger partial charge is 0.396 e. The van der Waals surface area contributed by atoms with E-state index >= 15 is 0 Å². The van der Waals surface area contributed by atoms with Crippen LogP contribution in [0.25, 0.3) is 0 Å². The van der Waals surface area contributed by atoms with Crippen LogP contribution < -0.4 is 0 Å². The van der Waals surface area contributed by atoms with Crippen LogP contribution in [0.3, 0.4) is 0 Å². The Morgan fingerprint density at radius 2 is 1.68 bits per heavy atom. The van der Waals surface area contributed by atoms with Crippen LogP contribution in [0.1, 0.15) is 105 Å². The first-order valence-corrected chi connectivity index (χ1v) is 12.6. The van der Waals surface area contributed by atoms with Gasteiger partial charge in [0.1, 0.15) is 0 Å². The SMILES string of the molecule is CC[C@]1(O)CC[C@@]2(C)[C@@H](CC[C@@H]3[C@@H]2CC[C@]2(C)[C@@H]([C@H](C)CCCO)CC[C@@H]32)C1. The maximum Gasteiger partial charge on any atom is 0.0648 e. The van der Waals surface area contributed by atoms with Crippen molar-refractivity contribution in [2.24, 2.45) is 46.3 Å². The van der Waals surface area contributed by atoms with E-state index in [9.17, 15) is 10.2 Å². The molecule has 0 aromatic rings. The molecule has 2 nitrogen and oxygen atoms in total. The van der Waals surface area contributed by atoms with Gasteiger partial charge < -0.3 is 10.2 Å². The standard InChI is InChI=1S/C26H46O2/c1-5-26(28)15-14-24(3)19(17-26)8-9-20-22-11-10-21(18(2)7-6-16-27)25(22,4)13-12-23(20)24/h18-23,27-28H,5-17H2,1-4H3/t18-,19+,20+,21-,22+,23+,24+,25-,26+/m1/s1. The minimum Gasteiger partial charge on any atom is -0.396 e. The molecule has 0 aromatic carbocycles. The molecule has 4 saturated carbocycles. The summed E-state index contributed by atoms with van der Waals surface area (Å²) in [6.45, 7) is 10.3. The zero-order valence-corrected chi connectivity index (χ0v) is 19.1. The molecule has 0 bridgehead atoms. The Balaban J connectivity index is 1.52. The molecule has 28 heavy (non-hydrogen) atoms. The summed E-state index contributed by atoms with van der Waals surface area (Å²) in [5, 5.41) is 20.3. The third-order valence-corrected chi connectivity index (χ3v) is 11.1.